The van der Waals surface area contributed by atoms with E-state index in [1.165, 1.54) is 32.1 Å². The minimum Gasteiger partial charge on any atom is -0.359 e. The van der Waals surface area contributed by atoms with Crippen molar-refractivity contribution >= 4 is 11.8 Å². The lowest BCUT2D eigenvalue weighted by Crippen LogP contribution is -2.40. The summed E-state index contributed by atoms with van der Waals surface area (Å²) in [5, 5.41) is 5.89. The zero-order valence-corrected chi connectivity index (χ0v) is 12.6. The highest BCUT2D eigenvalue weighted by molar-refractivity contribution is 5.78. The lowest BCUT2D eigenvalue weighted by molar-refractivity contribution is -0.125. The van der Waals surface area contributed by atoms with Crippen LogP contribution in [0.1, 0.15) is 64.2 Å². The Labute approximate surface area is 122 Å². The average Bonchev–Trinajstić information content (AvgIpc) is 2.48. The maximum atomic E-state index is 12.1. The molecule has 4 heteroatoms. The molecule has 2 aliphatic rings. The van der Waals surface area contributed by atoms with Crippen LogP contribution < -0.4 is 10.6 Å². The summed E-state index contributed by atoms with van der Waals surface area (Å²) in [6.45, 7) is 0. The van der Waals surface area contributed by atoms with E-state index in [0.717, 1.165) is 25.7 Å². The first-order valence-corrected chi connectivity index (χ1v) is 8.20. The molecule has 0 unspecified atom stereocenters. The summed E-state index contributed by atoms with van der Waals surface area (Å²) in [6.07, 6.45) is 10.7. The van der Waals surface area contributed by atoms with Gasteiger partial charge in [0.1, 0.15) is 0 Å². The molecule has 0 saturated heterocycles. The Morgan fingerprint density at radius 3 is 2.20 bits per heavy atom. The van der Waals surface area contributed by atoms with Crippen molar-refractivity contribution in [1.82, 2.24) is 10.6 Å². The van der Waals surface area contributed by atoms with Gasteiger partial charge in [-0.15, -0.1) is 0 Å². The Hall–Kier alpha value is -1.06. The van der Waals surface area contributed by atoms with Crippen molar-refractivity contribution in [2.24, 2.45) is 11.8 Å². The van der Waals surface area contributed by atoms with E-state index in [4.69, 9.17) is 0 Å². The molecule has 2 fully saturated rings. The quantitative estimate of drug-likeness (QED) is 0.830. The molecule has 2 aliphatic carbocycles. The Kier molecular flexibility index (Phi) is 5.86. The zero-order valence-electron chi connectivity index (χ0n) is 12.6. The third-order valence-electron chi connectivity index (χ3n) is 4.91. The van der Waals surface area contributed by atoms with Crippen LogP contribution in [0.2, 0.25) is 0 Å². The van der Waals surface area contributed by atoms with E-state index in [1.54, 1.807) is 7.05 Å². The van der Waals surface area contributed by atoms with E-state index in [-0.39, 0.29) is 23.8 Å². The summed E-state index contributed by atoms with van der Waals surface area (Å²) >= 11 is 0. The minimum atomic E-state index is 0.145. The fourth-order valence-electron chi connectivity index (χ4n) is 3.64. The molecule has 114 valence electrons. The normalized spacial score (nSPS) is 27.9. The second kappa shape index (κ2) is 7.65. The lowest BCUT2D eigenvalue weighted by atomic mass is 9.84. The zero-order chi connectivity index (χ0) is 14.4. The molecule has 20 heavy (non-hydrogen) atoms. The highest BCUT2D eigenvalue weighted by Gasteiger charge is 2.27. The molecule has 0 aromatic heterocycles. The molecule has 0 bridgehead atoms. The number of hydrogen-bond acceptors (Lipinski definition) is 2. The summed E-state index contributed by atoms with van der Waals surface area (Å²) < 4.78 is 0. The van der Waals surface area contributed by atoms with Crippen LogP contribution >= 0.6 is 0 Å². The first-order chi connectivity index (χ1) is 9.69. The van der Waals surface area contributed by atoms with Crippen molar-refractivity contribution in [2.45, 2.75) is 70.3 Å². The summed E-state index contributed by atoms with van der Waals surface area (Å²) in [5.74, 6) is 1.12. The lowest BCUT2D eigenvalue weighted by Gasteiger charge is -2.29. The van der Waals surface area contributed by atoms with Gasteiger partial charge in [0.05, 0.1) is 0 Å². The number of rotatable bonds is 4. The van der Waals surface area contributed by atoms with E-state index in [0.29, 0.717) is 12.3 Å². The Balaban J connectivity index is 1.66. The molecule has 2 amide bonds. The third-order valence-corrected chi connectivity index (χ3v) is 4.91. The first-order valence-electron chi connectivity index (χ1n) is 8.20. The monoisotopic (exact) mass is 280 g/mol. The molecule has 0 aromatic rings. The van der Waals surface area contributed by atoms with Crippen LogP contribution in [0, 0.1) is 11.8 Å². The van der Waals surface area contributed by atoms with Gasteiger partial charge in [0, 0.05) is 25.4 Å². The standard InChI is InChI=1S/C16H28N2O2/c1-17-16(20)13-7-9-14(10-8-13)18-15(19)11-12-5-3-2-4-6-12/h12-14H,2-11H2,1H3,(H,17,20)(H,18,19). The summed E-state index contributed by atoms with van der Waals surface area (Å²) in [7, 11) is 1.69. The van der Waals surface area contributed by atoms with Crippen LogP contribution in [0.15, 0.2) is 0 Å². The molecule has 2 N–H and O–H groups in total. The Morgan fingerprint density at radius 1 is 0.950 bits per heavy atom. The largest absolute Gasteiger partial charge is 0.359 e. The first kappa shape index (κ1) is 15.3. The second-order valence-electron chi connectivity index (χ2n) is 6.44. The van der Waals surface area contributed by atoms with Crippen LogP contribution in [0.4, 0.5) is 0 Å². The summed E-state index contributed by atoms with van der Waals surface area (Å²) in [5.41, 5.74) is 0. The number of amides is 2. The van der Waals surface area contributed by atoms with E-state index in [1.807, 2.05) is 0 Å². The third kappa shape index (κ3) is 4.50. The van der Waals surface area contributed by atoms with E-state index in [2.05, 4.69) is 10.6 Å². The number of carbonyl (C=O) groups excluding carboxylic acids is 2. The molecular formula is C16H28N2O2. The highest BCUT2D eigenvalue weighted by atomic mass is 16.2. The van der Waals surface area contributed by atoms with Gasteiger partial charge < -0.3 is 10.6 Å². The van der Waals surface area contributed by atoms with Gasteiger partial charge in [-0.05, 0) is 44.4 Å². The van der Waals surface area contributed by atoms with Crippen LogP contribution in [0.3, 0.4) is 0 Å². The maximum Gasteiger partial charge on any atom is 0.222 e. The molecule has 2 rings (SSSR count). The van der Waals surface area contributed by atoms with E-state index in [9.17, 15) is 9.59 Å². The number of carbonyl (C=O) groups is 2. The van der Waals surface area contributed by atoms with Gasteiger partial charge in [0.15, 0.2) is 0 Å². The SMILES string of the molecule is CNC(=O)C1CCC(NC(=O)CC2CCCCC2)CC1. The smallest absolute Gasteiger partial charge is 0.222 e. The molecule has 2 saturated carbocycles. The van der Waals surface area contributed by atoms with Gasteiger partial charge in [0.2, 0.25) is 11.8 Å². The van der Waals surface area contributed by atoms with Crippen molar-refractivity contribution in [3.63, 3.8) is 0 Å². The highest BCUT2D eigenvalue weighted by Crippen LogP contribution is 2.27. The summed E-state index contributed by atoms with van der Waals surface area (Å²) in [6, 6.07) is 0.284. The topological polar surface area (TPSA) is 58.2 Å². The second-order valence-corrected chi connectivity index (χ2v) is 6.44. The molecular weight excluding hydrogens is 252 g/mol. The molecule has 4 nitrogen and oxygen atoms in total. The van der Waals surface area contributed by atoms with Crippen molar-refractivity contribution in [2.75, 3.05) is 7.05 Å². The van der Waals surface area contributed by atoms with Gasteiger partial charge in [-0.3, -0.25) is 9.59 Å². The van der Waals surface area contributed by atoms with Gasteiger partial charge in [-0.1, -0.05) is 19.3 Å². The number of hydrogen-bond donors (Lipinski definition) is 2. The van der Waals surface area contributed by atoms with Crippen LogP contribution in [-0.4, -0.2) is 24.9 Å². The summed E-state index contributed by atoms with van der Waals surface area (Å²) in [4.78, 5) is 23.6. The maximum absolute atomic E-state index is 12.1. The molecule has 0 aliphatic heterocycles. The molecule has 0 heterocycles. The Morgan fingerprint density at radius 2 is 1.60 bits per heavy atom. The average molecular weight is 280 g/mol. The van der Waals surface area contributed by atoms with Crippen LogP contribution in [-0.2, 0) is 9.59 Å². The predicted octanol–water partition coefficient (Wildman–Crippen LogP) is 2.38. The van der Waals surface area contributed by atoms with Gasteiger partial charge in [-0.25, -0.2) is 0 Å². The molecule has 0 radical (unpaired) electrons. The predicted molar refractivity (Wildman–Crippen MR) is 79.1 cm³/mol. The van der Waals surface area contributed by atoms with Gasteiger partial charge in [0.25, 0.3) is 0 Å². The van der Waals surface area contributed by atoms with E-state index < -0.39 is 0 Å². The van der Waals surface area contributed by atoms with Crippen molar-refractivity contribution < 1.29 is 9.59 Å². The van der Waals surface area contributed by atoms with Crippen molar-refractivity contribution in [3.8, 4) is 0 Å². The van der Waals surface area contributed by atoms with Gasteiger partial charge >= 0.3 is 0 Å². The number of nitrogens with one attached hydrogen (secondary N) is 2. The van der Waals surface area contributed by atoms with Crippen molar-refractivity contribution in [3.05, 3.63) is 0 Å². The fourth-order valence-corrected chi connectivity index (χ4v) is 3.64. The van der Waals surface area contributed by atoms with Crippen LogP contribution in [0.25, 0.3) is 0 Å². The molecule has 0 aromatic carbocycles. The van der Waals surface area contributed by atoms with Crippen molar-refractivity contribution in [1.29, 1.82) is 0 Å². The fraction of sp³-hybridized carbons (Fsp3) is 0.875. The molecule has 0 spiro atoms. The minimum absolute atomic E-state index is 0.145. The van der Waals surface area contributed by atoms with E-state index >= 15 is 0 Å². The van der Waals surface area contributed by atoms with Gasteiger partial charge in [-0.2, -0.15) is 0 Å². The van der Waals surface area contributed by atoms with Crippen LogP contribution in [0.5, 0.6) is 0 Å². The molecule has 0 atom stereocenters. The Bertz CT molecular complexity index is 329.